The molecule has 20 heavy (non-hydrogen) atoms. The maximum Gasteiger partial charge on any atom is 0.198 e. The molecule has 1 N–H and O–H groups in total. The van der Waals surface area contributed by atoms with Crippen LogP contribution in [0.4, 0.5) is 8.78 Å². The average Bonchev–Trinajstić information content (AvgIpc) is 2.81. The summed E-state index contributed by atoms with van der Waals surface area (Å²) in [4.78, 5) is 15.3. The summed E-state index contributed by atoms with van der Waals surface area (Å²) in [7, 11) is 0. The monoisotopic (exact) mass is 291 g/mol. The molecule has 3 rings (SSSR count). The predicted molar refractivity (Wildman–Crippen MR) is 73.1 cm³/mol. The lowest BCUT2D eigenvalue weighted by molar-refractivity contribution is 0.103. The number of carbonyl (C=O) groups is 1. The lowest BCUT2D eigenvalue weighted by Crippen LogP contribution is -2.04. The Bertz CT molecular complexity index is 826. The van der Waals surface area contributed by atoms with Gasteiger partial charge in [0.15, 0.2) is 5.78 Å². The summed E-state index contributed by atoms with van der Waals surface area (Å²) in [6.07, 6.45) is 1.49. The van der Waals surface area contributed by atoms with Crippen LogP contribution in [0.15, 0.2) is 42.6 Å². The molecule has 0 saturated carbocycles. The number of fused-ring (bicyclic) bond motifs is 1. The molecule has 0 aliphatic heterocycles. The topological polar surface area (TPSA) is 32.9 Å². The molecular formula is C15H8ClF2NO. The average molecular weight is 292 g/mol. The SMILES string of the molecule is O=C(c1ccc(F)cc1F)c1c[nH]c2ccc(Cl)cc12. The zero-order valence-electron chi connectivity index (χ0n) is 10.1. The van der Waals surface area contributed by atoms with Crippen LogP contribution in [0.5, 0.6) is 0 Å². The van der Waals surface area contributed by atoms with Crippen LogP contribution in [-0.4, -0.2) is 10.8 Å². The Morgan fingerprint density at radius 1 is 1.05 bits per heavy atom. The Morgan fingerprint density at radius 2 is 1.85 bits per heavy atom. The van der Waals surface area contributed by atoms with E-state index in [0.29, 0.717) is 22.0 Å². The van der Waals surface area contributed by atoms with Crippen molar-refractivity contribution in [1.82, 2.24) is 4.98 Å². The van der Waals surface area contributed by atoms with Gasteiger partial charge in [0.25, 0.3) is 0 Å². The summed E-state index contributed by atoms with van der Waals surface area (Å²) in [5.74, 6) is -2.12. The van der Waals surface area contributed by atoms with Gasteiger partial charge in [-0.3, -0.25) is 4.79 Å². The highest BCUT2D eigenvalue weighted by Crippen LogP contribution is 2.25. The number of H-pyrrole nitrogens is 1. The van der Waals surface area contributed by atoms with Gasteiger partial charge in [0.2, 0.25) is 0 Å². The minimum absolute atomic E-state index is 0.174. The van der Waals surface area contributed by atoms with Crippen molar-refractivity contribution < 1.29 is 13.6 Å². The summed E-state index contributed by atoms with van der Waals surface area (Å²) in [5, 5.41) is 1.08. The van der Waals surface area contributed by atoms with Crippen LogP contribution in [0, 0.1) is 11.6 Å². The van der Waals surface area contributed by atoms with Gasteiger partial charge in [-0.1, -0.05) is 11.6 Å². The number of rotatable bonds is 2. The largest absolute Gasteiger partial charge is 0.360 e. The fourth-order valence-corrected chi connectivity index (χ4v) is 2.27. The van der Waals surface area contributed by atoms with Crippen LogP contribution in [0.1, 0.15) is 15.9 Å². The van der Waals surface area contributed by atoms with E-state index in [1.54, 1.807) is 18.2 Å². The minimum Gasteiger partial charge on any atom is -0.360 e. The van der Waals surface area contributed by atoms with Crippen LogP contribution in [0.3, 0.4) is 0 Å². The van der Waals surface area contributed by atoms with Gasteiger partial charge >= 0.3 is 0 Å². The first-order valence-corrected chi connectivity index (χ1v) is 6.20. The van der Waals surface area contributed by atoms with Crippen molar-refractivity contribution in [2.75, 3.05) is 0 Å². The Kier molecular flexibility index (Phi) is 3.03. The third-order valence-corrected chi connectivity index (χ3v) is 3.30. The number of aromatic nitrogens is 1. The summed E-state index contributed by atoms with van der Waals surface area (Å²) >= 11 is 5.90. The highest BCUT2D eigenvalue weighted by Gasteiger charge is 2.18. The van der Waals surface area contributed by atoms with Crippen molar-refractivity contribution >= 4 is 28.3 Å². The van der Waals surface area contributed by atoms with Gasteiger partial charge in [-0.2, -0.15) is 0 Å². The van der Waals surface area contributed by atoms with Gasteiger partial charge in [0, 0.05) is 33.8 Å². The Balaban J connectivity index is 2.15. The number of carbonyl (C=O) groups excluding carboxylic acids is 1. The summed E-state index contributed by atoms with van der Waals surface area (Å²) in [6.45, 7) is 0. The van der Waals surface area contributed by atoms with Crippen LogP contribution < -0.4 is 0 Å². The normalized spacial score (nSPS) is 10.9. The standard InChI is InChI=1S/C15H8ClF2NO/c16-8-1-4-14-11(5-8)12(7-19-14)15(20)10-3-2-9(17)6-13(10)18/h1-7,19H. The first-order chi connectivity index (χ1) is 9.56. The van der Waals surface area contributed by atoms with Gasteiger partial charge < -0.3 is 4.98 Å². The molecule has 0 radical (unpaired) electrons. The quantitative estimate of drug-likeness (QED) is 0.700. The summed E-state index contributed by atoms with van der Waals surface area (Å²) in [6, 6.07) is 7.92. The molecule has 0 spiro atoms. The van der Waals surface area contributed by atoms with Gasteiger partial charge in [0.1, 0.15) is 11.6 Å². The number of aromatic amines is 1. The van der Waals surface area contributed by atoms with Gasteiger partial charge in [-0.05, 0) is 30.3 Å². The van der Waals surface area contributed by atoms with Crippen molar-refractivity contribution in [1.29, 1.82) is 0 Å². The van der Waals surface area contributed by atoms with E-state index in [-0.39, 0.29) is 5.56 Å². The predicted octanol–water partition coefficient (Wildman–Crippen LogP) is 4.33. The molecule has 0 amide bonds. The van der Waals surface area contributed by atoms with Gasteiger partial charge in [-0.25, -0.2) is 8.78 Å². The number of ketones is 1. The van der Waals surface area contributed by atoms with Crippen molar-refractivity contribution in [3.05, 3.63) is 70.4 Å². The first-order valence-electron chi connectivity index (χ1n) is 5.82. The molecule has 2 nitrogen and oxygen atoms in total. The second-order valence-corrected chi connectivity index (χ2v) is 4.78. The zero-order valence-corrected chi connectivity index (χ0v) is 10.8. The minimum atomic E-state index is -0.883. The van der Waals surface area contributed by atoms with Crippen molar-refractivity contribution in [2.24, 2.45) is 0 Å². The van der Waals surface area contributed by atoms with Crippen LogP contribution >= 0.6 is 11.6 Å². The van der Waals surface area contributed by atoms with Gasteiger partial charge in [0.05, 0.1) is 5.56 Å². The van der Waals surface area contributed by atoms with Gasteiger partial charge in [-0.15, -0.1) is 0 Å². The lowest BCUT2D eigenvalue weighted by atomic mass is 10.0. The van der Waals surface area contributed by atoms with Crippen molar-refractivity contribution in [3.63, 3.8) is 0 Å². The third kappa shape index (κ3) is 2.08. The molecule has 5 heteroatoms. The number of nitrogens with one attached hydrogen (secondary N) is 1. The maximum absolute atomic E-state index is 13.7. The van der Waals surface area contributed by atoms with E-state index in [0.717, 1.165) is 17.6 Å². The summed E-state index contributed by atoms with van der Waals surface area (Å²) in [5.41, 5.74) is 0.848. The number of halogens is 3. The molecule has 2 aromatic carbocycles. The van der Waals surface area contributed by atoms with Crippen molar-refractivity contribution in [2.45, 2.75) is 0 Å². The molecular weight excluding hydrogens is 284 g/mol. The second-order valence-electron chi connectivity index (χ2n) is 4.35. The fourth-order valence-electron chi connectivity index (χ4n) is 2.10. The molecule has 0 fully saturated rings. The Morgan fingerprint density at radius 3 is 2.60 bits per heavy atom. The zero-order chi connectivity index (χ0) is 14.3. The Hall–Kier alpha value is -2.20. The lowest BCUT2D eigenvalue weighted by Gasteiger charge is -2.02. The number of benzene rings is 2. The molecule has 100 valence electrons. The van der Waals surface area contributed by atoms with Crippen LogP contribution in [-0.2, 0) is 0 Å². The number of hydrogen-bond acceptors (Lipinski definition) is 1. The molecule has 1 aromatic heterocycles. The van der Waals surface area contributed by atoms with E-state index in [2.05, 4.69) is 4.98 Å². The second kappa shape index (κ2) is 4.72. The molecule has 3 aromatic rings. The highest BCUT2D eigenvalue weighted by atomic mass is 35.5. The maximum atomic E-state index is 13.7. The smallest absolute Gasteiger partial charge is 0.198 e. The molecule has 0 saturated heterocycles. The van der Waals surface area contributed by atoms with E-state index in [4.69, 9.17) is 11.6 Å². The van der Waals surface area contributed by atoms with E-state index in [1.807, 2.05) is 0 Å². The van der Waals surface area contributed by atoms with Crippen molar-refractivity contribution in [3.8, 4) is 0 Å². The van der Waals surface area contributed by atoms with Crippen LogP contribution in [0.25, 0.3) is 10.9 Å². The Labute approximate surface area is 118 Å². The summed E-state index contributed by atoms with van der Waals surface area (Å²) < 4.78 is 26.6. The molecule has 1 heterocycles. The van der Waals surface area contributed by atoms with E-state index < -0.39 is 17.4 Å². The highest BCUT2D eigenvalue weighted by molar-refractivity contribution is 6.31. The molecule has 0 atom stereocenters. The molecule has 0 aliphatic carbocycles. The van der Waals surface area contributed by atoms with E-state index in [1.165, 1.54) is 6.20 Å². The first kappa shape index (κ1) is 12.8. The number of hydrogen-bond donors (Lipinski definition) is 1. The molecule has 0 unspecified atom stereocenters. The fraction of sp³-hybridized carbons (Fsp3) is 0. The molecule has 0 bridgehead atoms. The third-order valence-electron chi connectivity index (χ3n) is 3.06. The molecule has 0 aliphatic rings. The van der Waals surface area contributed by atoms with E-state index in [9.17, 15) is 13.6 Å². The van der Waals surface area contributed by atoms with Crippen LogP contribution in [0.2, 0.25) is 5.02 Å². The van der Waals surface area contributed by atoms with E-state index >= 15 is 0 Å².